The summed E-state index contributed by atoms with van der Waals surface area (Å²) in [6, 6.07) is 10.7. The summed E-state index contributed by atoms with van der Waals surface area (Å²) >= 11 is 0. The maximum absolute atomic E-state index is 13.4. The van der Waals surface area contributed by atoms with Crippen LogP contribution in [0, 0.1) is 5.82 Å². The Morgan fingerprint density at radius 3 is 2.63 bits per heavy atom. The van der Waals surface area contributed by atoms with E-state index < -0.39 is 0 Å². The van der Waals surface area contributed by atoms with Gasteiger partial charge in [-0.3, -0.25) is 4.79 Å². The molecule has 0 radical (unpaired) electrons. The minimum atomic E-state index is -0.341. The molecule has 0 unspecified atom stereocenters. The number of ketones is 1. The van der Waals surface area contributed by atoms with E-state index in [0.717, 1.165) is 0 Å². The van der Waals surface area contributed by atoms with Crippen LogP contribution in [-0.4, -0.2) is 10.9 Å². The number of aromatic hydroxyl groups is 1. The molecule has 0 saturated carbocycles. The quantitative estimate of drug-likeness (QED) is 0.858. The summed E-state index contributed by atoms with van der Waals surface area (Å²) in [5.41, 5.74) is 0.663. The fourth-order valence-electron chi connectivity index (χ4n) is 1.68. The molecule has 0 spiro atoms. The smallest absolute Gasteiger partial charge is 0.163 e. The zero-order valence-corrected chi connectivity index (χ0v) is 10.4. The number of carbonyl (C=O) groups excluding carboxylic acids is 1. The van der Waals surface area contributed by atoms with Gasteiger partial charge in [-0.05, 0) is 25.1 Å². The Morgan fingerprint density at radius 2 is 2.00 bits per heavy atom. The van der Waals surface area contributed by atoms with Crippen LogP contribution in [-0.2, 0) is 6.61 Å². The van der Waals surface area contributed by atoms with Crippen LogP contribution in [0.3, 0.4) is 0 Å². The van der Waals surface area contributed by atoms with Crippen molar-refractivity contribution in [2.75, 3.05) is 0 Å². The molecule has 2 aromatic rings. The molecule has 0 aliphatic carbocycles. The third-order valence-corrected chi connectivity index (χ3v) is 2.70. The van der Waals surface area contributed by atoms with E-state index in [1.54, 1.807) is 24.3 Å². The van der Waals surface area contributed by atoms with Gasteiger partial charge in [0.25, 0.3) is 0 Å². The third-order valence-electron chi connectivity index (χ3n) is 2.70. The second-order valence-electron chi connectivity index (χ2n) is 4.12. The lowest BCUT2D eigenvalue weighted by Gasteiger charge is -2.08. The van der Waals surface area contributed by atoms with Gasteiger partial charge in [0.15, 0.2) is 5.78 Å². The molecule has 0 bridgehead atoms. The van der Waals surface area contributed by atoms with Crippen molar-refractivity contribution < 1.29 is 19.0 Å². The van der Waals surface area contributed by atoms with Crippen molar-refractivity contribution in [3.05, 3.63) is 59.4 Å². The minimum absolute atomic E-state index is 0.0610. The third kappa shape index (κ3) is 3.10. The normalized spacial score (nSPS) is 10.2. The standard InChI is InChI=1S/C15H13FO3/c1-10(17)13-7-6-12(8-15(13)18)19-9-11-4-2-3-5-14(11)16/h2-8,18H,9H2,1H3. The zero-order chi connectivity index (χ0) is 13.8. The van der Waals surface area contributed by atoms with Gasteiger partial charge in [-0.1, -0.05) is 18.2 Å². The lowest BCUT2D eigenvalue weighted by atomic mass is 10.1. The summed E-state index contributed by atoms with van der Waals surface area (Å²) in [6.45, 7) is 1.43. The Hall–Kier alpha value is -2.36. The van der Waals surface area contributed by atoms with Crippen LogP contribution in [0.25, 0.3) is 0 Å². The van der Waals surface area contributed by atoms with Gasteiger partial charge >= 0.3 is 0 Å². The fourth-order valence-corrected chi connectivity index (χ4v) is 1.68. The van der Waals surface area contributed by atoms with Crippen LogP contribution < -0.4 is 4.74 Å². The molecule has 4 heteroatoms. The topological polar surface area (TPSA) is 46.5 Å². The number of hydrogen-bond donors (Lipinski definition) is 1. The molecule has 3 nitrogen and oxygen atoms in total. The maximum Gasteiger partial charge on any atom is 0.163 e. The fraction of sp³-hybridized carbons (Fsp3) is 0.133. The number of rotatable bonds is 4. The van der Waals surface area contributed by atoms with Crippen molar-refractivity contribution in [2.24, 2.45) is 0 Å². The van der Waals surface area contributed by atoms with Gasteiger partial charge in [-0.2, -0.15) is 0 Å². The summed E-state index contributed by atoms with van der Waals surface area (Å²) in [4.78, 5) is 11.2. The molecule has 0 aliphatic rings. The van der Waals surface area contributed by atoms with Crippen LogP contribution >= 0.6 is 0 Å². The van der Waals surface area contributed by atoms with Crippen LogP contribution in [0.15, 0.2) is 42.5 Å². The summed E-state index contributed by atoms with van der Waals surface area (Å²) in [5, 5.41) is 9.64. The maximum atomic E-state index is 13.4. The first-order chi connectivity index (χ1) is 9.08. The molecule has 98 valence electrons. The second kappa shape index (κ2) is 5.52. The Kier molecular flexibility index (Phi) is 3.80. The van der Waals surface area contributed by atoms with E-state index in [0.29, 0.717) is 11.3 Å². The highest BCUT2D eigenvalue weighted by Crippen LogP contribution is 2.24. The van der Waals surface area contributed by atoms with E-state index in [2.05, 4.69) is 0 Å². The largest absolute Gasteiger partial charge is 0.507 e. The Bertz CT molecular complexity index is 608. The number of phenols is 1. The lowest BCUT2D eigenvalue weighted by Crippen LogP contribution is -1.99. The Morgan fingerprint density at radius 1 is 1.26 bits per heavy atom. The first-order valence-electron chi connectivity index (χ1n) is 5.78. The lowest BCUT2D eigenvalue weighted by molar-refractivity contribution is 0.101. The number of halogens is 1. The zero-order valence-electron chi connectivity index (χ0n) is 10.4. The summed E-state index contributed by atoms with van der Waals surface area (Å²) in [5.74, 6) is -0.325. The van der Waals surface area contributed by atoms with Gasteiger partial charge in [-0.15, -0.1) is 0 Å². The van der Waals surface area contributed by atoms with Crippen molar-refractivity contribution in [1.82, 2.24) is 0 Å². The number of hydrogen-bond acceptors (Lipinski definition) is 3. The van der Waals surface area contributed by atoms with Gasteiger partial charge in [-0.25, -0.2) is 4.39 Å². The van der Waals surface area contributed by atoms with Crippen LogP contribution in [0.5, 0.6) is 11.5 Å². The number of benzene rings is 2. The summed E-state index contributed by atoms with van der Waals surface area (Å²) in [7, 11) is 0. The molecule has 2 aromatic carbocycles. The molecule has 0 fully saturated rings. The average molecular weight is 260 g/mol. The summed E-state index contributed by atoms with van der Waals surface area (Å²) in [6.07, 6.45) is 0. The second-order valence-corrected chi connectivity index (χ2v) is 4.12. The van der Waals surface area contributed by atoms with E-state index in [-0.39, 0.29) is 29.5 Å². The highest BCUT2D eigenvalue weighted by atomic mass is 19.1. The predicted molar refractivity (Wildman–Crippen MR) is 68.8 cm³/mol. The van der Waals surface area contributed by atoms with E-state index in [9.17, 15) is 14.3 Å². The van der Waals surface area contributed by atoms with Gasteiger partial charge in [0.1, 0.15) is 23.9 Å². The first kappa shape index (κ1) is 13.1. The van der Waals surface area contributed by atoms with Crippen molar-refractivity contribution in [3.8, 4) is 11.5 Å². The highest BCUT2D eigenvalue weighted by Gasteiger charge is 2.08. The number of ether oxygens (including phenoxy) is 1. The Labute approximate surface area is 110 Å². The van der Waals surface area contributed by atoms with Crippen LogP contribution in [0.4, 0.5) is 4.39 Å². The SMILES string of the molecule is CC(=O)c1ccc(OCc2ccccc2F)cc1O. The van der Waals surface area contributed by atoms with Gasteiger partial charge in [0.05, 0.1) is 5.56 Å². The van der Waals surface area contributed by atoms with Crippen molar-refractivity contribution in [1.29, 1.82) is 0 Å². The molecule has 0 heterocycles. The van der Waals surface area contributed by atoms with E-state index in [1.807, 2.05) is 0 Å². The molecule has 2 rings (SSSR count). The molecule has 0 amide bonds. The van der Waals surface area contributed by atoms with Crippen molar-refractivity contribution >= 4 is 5.78 Å². The molecule has 19 heavy (non-hydrogen) atoms. The molecular weight excluding hydrogens is 247 g/mol. The number of Topliss-reactive ketones (excluding diaryl/α,β-unsaturated/α-hetero) is 1. The monoisotopic (exact) mass is 260 g/mol. The molecule has 0 aromatic heterocycles. The summed E-state index contributed by atoms with van der Waals surface area (Å²) < 4.78 is 18.7. The highest BCUT2D eigenvalue weighted by molar-refractivity contribution is 5.96. The minimum Gasteiger partial charge on any atom is -0.507 e. The molecular formula is C15H13FO3. The van der Waals surface area contributed by atoms with Crippen molar-refractivity contribution in [2.45, 2.75) is 13.5 Å². The molecule has 0 atom stereocenters. The molecule has 1 N–H and O–H groups in total. The van der Waals surface area contributed by atoms with Crippen molar-refractivity contribution in [3.63, 3.8) is 0 Å². The number of carbonyl (C=O) groups is 1. The van der Waals surface area contributed by atoms with Crippen LogP contribution in [0.1, 0.15) is 22.8 Å². The first-order valence-corrected chi connectivity index (χ1v) is 5.78. The number of phenolic OH excluding ortho intramolecular Hbond substituents is 1. The van der Waals surface area contributed by atoms with Crippen LogP contribution in [0.2, 0.25) is 0 Å². The van der Waals surface area contributed by atoms with E-state index in [4.69, 9.17) is 4.74 Å². The molecule has 0 aliphatic heterocycles. The van der Waals surface area contributed by atoms with Gasteiger partial charge in [0.2, 0.25) is 0 Å². The van der Waals surface area contributed by atoms with Gasteiger partial charge in [0, 0.05) is 11.6 Å². The van der Waals surface area contributed by atoms with E-state index >= 15 is 0 Å². The Balaban J connectivity index is 2.11. The average Bonchev–Trinajstić information content (AvgIpc) is 2.37. The van der Waals surface area contributed by atoms with Gasteiger partial charge < -0.3 is 9.84 Å². The predicted octanol–water partition coefficient (Wildman–Crippen LogP) is 3.31. The molecule has 0 saturated heterocycles. The van der Waals surface area contributed by atoms with E-state index in [1.165, 1.54) is 25.1 Å².